The van der Waals surface area contributed by atoms with Crippen molar-refractivity contribution in [1.82, 2.24) is 10.3 Å². The highest BCUT2D eigenvalue weighted by Crippen LogP contribution is 2.48. The zero-order valence-corrected chi connectivity index (χ0v) is 19.7. The number of hydrogen-bond acceptors (Lipinski definition) is 4. The number of fused-ring (bicyclic) bond motifs is 1. The van der Waals surface area contributed by atoms with E-state index in [1.165, 1.54) is 24.8 Å². The lowest BCUT2D eigenvalue weighted by Crippen LogP contribution is -2.22. The fraction of sp³-hybridized carbons (Fsp3) is 0.643. The maximum absolute atomic E-state index is 12.1. The van der Waals surface area contributed by atoms with Crippen molar-refractivity contribution in [3.05, 3.63) is 53.9 Å². The molecule has 1 aromatic heterocycles. The number of nitrogens with one attached hydrogen (secondary N) is 1. The van der Waals surface area contributed by atoms with Crippen molar-refractivity contribution in [1.29, 1.82) is 0 Å². The topological polar surface area (TPSA) is 82.5 Å². The predicted molar refractivity (Wildman–Crippen MR) is 130 cm³/mol. The van der Waals surface area contributed by atoms with Gasteiger partial charge in [-0.05, 0) is 80.4 Å². The minimum Gasteiger partial charge on any atom is -0.392 e. The van der Waals surface area contributed by atoms with Crippen LogP contribution in [0, 0.1) is 23.7 Å². The highest BCUT2D eigenvalue weighted by atomic mass is 16.3. The number of aliphatic hydroxyl groups is 2. The molecule has 5 nitrogen and oxygen atoms in total. The van der Waals surface area contributed by atoms with Gasteiger partial charge < -0.3 is 15.5 Å². The van der Waals surface area contributed by atoms with Crippen LogP contribution < -0.4 is 5.32 Å². The lowest BCUT2D eigenvalue weighted by Gasteiger charge is -2.25. The Kier molecular flexibility index (Phi) is 8.74. The summed E-state index contributed by atoms with van der Waals surface area (Å²) in [5, 5.41) is 24.2. The Morgan fingerprint density at radius 1 is 1.18 bits per heavy atom. The van der Waals surface area contributed by atoms with E-state index >= 15 is 0 Å². The van der Waals surface area contributed by atoms with Gasteiger partial charge in [-0.1, -0.05) is 43.1 Å². The van der Waals surface area contributed by atoms with Gasteiger partial charge in [-0.2, -0.15) is 0 Å². The second-order valence-electron chi connectivity index (χ2n) is 10.4. The van der Waals surface area contributed by atoms with E-state index in [2.05, 4.69) is 22.5 Å². The zero-order chi connectivity index (χ0) is 23.0. The summed E-state index contributed by atoms with van der Waals surface area (Å²) >= 11 is 0. The summed E-state index contributed by atoms with van der Waals surface area (Å²) < 4.78 is 0. The van der Waals surface area contributed by atoms with Gasteiger partial charge in [0.25, 0.3) is 0 Å². The van der Waals surface area contributed by atoms with Gasteiger partial charge in [-0.15, -0.1) is 0 Å². The molecule has 1 heterocycles. The molecular weight excluding hydrogens is 412 g/mol. The molecule has 2 fully saturated rings. The van der Waals surface area contributed by atoms with E-state index in [0.29, 0.717) is 30.7 Å². The van der Waals surface area contributed by atoms with Gasteiger partial charge in [0.2, 0.25) is 5.91 Å². The van der Waals surface area contributed by atoms with E-state index < -0.39 is 0 Å². The number of aromatic nitrogens is 1. The fourth-order valence-electron chi connectivity index (χ4n) is 6.09. The van der Waals surface area contributed by atoms with Crippen LogP contribution in [-0.2, 0) is 11.3 Å². The minimum atomic E-state index is -0.366. The summed E-state index contributed by atoms with van der Waals surface area (Å²) in [6.07, 6.45) is 20.7. The van der Waals surface area contributed by atoms with Crippen LogP contribution in [0.1, 0.15) is 76.2 Å². The molecule has 180 valence electrons. The molecule has 5 heteroatoms. The monoisotopic (exact) mass is 452 g/mol. The summed E-state index contributed by atoms with van der Waals surface area (Å²) in [6.45, 7) is 0.558. The second kappa shape index (κ2) is 11.9. The molecule has 1 aromatic rings. The fourth-order valence-corrected chi connectivity index (χ4v) is 6.09. The van der Waals surface area contributed by atoms with Crippen LogP contribution in [-0.4, -0.2) is 33.3 Å². The summed E-state index contributed by atoms with van der Waals surface area (Å²) in [7, 11) is 0. The molecule has 4 rings (SSSR count). The third-order valence-electron chi connectivity index (χ3n) is 8.00. The summed E-state index contributed by atoms with van der Waals surface area (Å²) in [5.74, 6) is 1.58. The van der Waals surface area contributed by atoms with Crippen molar-refractivity contribution < 1.29 is 15.0 Å². The highest BCUT2D eigenvalue weighted by Gasteiger charge is 2.43. The number of hydrogen-bond donors (Lipinski definition) is 3. The van der Waals surface area contributed by atoms with E-state index in [9.17, 15) is 15.0 Å². The third-order valence-corrected chi connectivity index (χ3v) is 8.00. The molecule has 3 N–H and O–H groups in total. The Morgan fingerprint density at radius 3 is 2.76 bits per heavy atom. The van der Waals surface area contributed by atoms with E-state index in [4.69, 9.17) is 0 Å². The van der Waals surface area contributed by atoms with Crippen molar-refractivity contribution >= 4 is 5.91 Å². The Morgan fingerprint density at radius 2 is 1.97 bits per heavy atom. The number of nitrogens with zero attached hydrogens (tertiary/aromatic N) is 1. The Labute approximate surface area is 198 Å². The van der Waals surface area contributed by atoms with Gasteiger partial charge >= 0.3 is 0 Å². The number of allylic oxidation sites excluding steroid dienone is 2. The molecule has 1 amide bonds. The van der Waals surface area contributed by atoms with E-state index in [1.807, 2.05) is 18.2 Å². The molecule has 0 bridgehead atoms. The van der Waals surface area contributed by atoms with Gasteiger partial charge in [0.15, 0.2) is 0 Å². The molecule has 0 radical (unpaired) electrons. The number of rotatable bonds is 10. The van der Waals surface area contributed by atoms with E-state index in [0.717, 1.165) is 50.5 Å². The lowest BCUT2D eigenvalue weighted by atomic mass is 9.83. The molecule has 0 aromatic carbocycles. The summed E-state index contributed by atoms with van der Waals surface area (Å²) in [4.78, 5) is 16.1. The smallest absolute Gasteiger partial charge is 0.220 e. The van der Waals surface area contributed by atoms with Crippen molar-refractivity contribution in [2.75, 3.05) is 0 Å². The maximum Gasteiger partial charge on any atom is 0.220 e. The van der Waals surface area contributed by atoms with Gasteiger partial charge in [-0.25, -0.2) is 0 Å². The first-order valence-electron chi connectivity index (χ1n) is 13.0. The molecule has 2 saturated carbocycles. The molecule has 0 unspecified atom stereocenters. The standard InChI is InChI=1S/C28H40N2O3/c31-26(22-7-2-1-3-8-22)11-10-24-25-17-21(16-23(25)18-27(24)32)6-4-5-9-28(33)30-19-20-12-14-29-15-13-20/h10-16,22-27,31-32H,1-9,17-19H2,(H,30,33)/t23-,24+,25-,26+,27+/m0/s1. The van der Waals surface area contributed by atoms with Crippen LogP contribution in [0.25, 0.3) is 0 Å². The average molecular weight is 453 g/mol. The Bertz CT molecular complexity index is 816. The third kappa shape index (κ3) is 6.77. The number of unbranched alkanes of at least 4 members (excludes halogenated alkanes) is 1. The predicted octanol–water partition coefficient (Wildman–Crippen LogP) is 4.70. The first-order valence-corrected chi connectivity index (χ1v) is 13.0. The average Bonchev–Trinajstić information content (AvgIpc) is 3.36. The van der Waals surface area contributed by atoms with Gasteiger partial charge in [0, 0.05) is 31.3 Å². The Balaban J connectivity index is 1.16. The number of carbonyl (C=O) groups is 1. The SMILES string of the molecule is O=C(CCCCC1=C[C@H]2C[C@@H](O)[C@H](C=C[C@@H](O)C3CCCCC3)[C@H]2C1)NCc1ccncc1. The lowest BCUT2D eigenvalue weighted by molar-refractivity contribution is -0.121. The normalized spacial score (nSPS) is 28.6. The van der Waals surface area contributed by atoms with Crippen molar-refractivity contribution in [3.8, 4) is 0 Å². The maximum atomic E-state index is 12.1. The van der Waals surface area contributed by atoms with Crippen molar-refractivity contribution in [3.63, 3.8) is 0 Å². The van der Waals surface area contributed by atoms with Crippen LogP contribution in [0.4, 0.5) is 0 Å². The zero-order valence-electron chi connectivity index (χ0n) is 19.7. The number of carbonyl (C=O) groups excluding carboxylic acids is 1. The van der Waals surface area contributed by atoms with Crippen LogP contribution >= 0.6 is 0 Å². The molecule has 0 saturated heterocycles. The summed E-state index contributed by atoms with van der Waals surface area (Å²) in [5.41, 5.74) is 2.55. The van der Waals surface area contributed by atoms with E-state index in [1.54, 1.807) is 12.4 Å². The molecular formula is C28H40N2O3. The van der Waals surface area contributed by atoms with Crippen LogP contribution in [0.15, 0.2) is 48.3 Å². The number of aliphatic hydroxyl groups excluding tert-OH is 2. The minimum absolute atomic E-state index is 0.105. The quantitative estimate of drug-likeness (QED) is 0.355. The first-order chi connectivity index (χ1) is 16.1. The molecule has 5 atom stereocenters. The second-order valence-corrected chi connectivity index (χ2v) is 10.4. The Hall–Kier alpha value is -1.98. The highest BCUT2D eigenvalue weighted by molar-refractivity contribution is 5.75. The summed E-state index contributed by atoms with van der Waals surface area (Å²) in [6, 6.07) is 3.83. The van der Waals surface area contributed by atoms with Crippen LogP contribution in [0.2, 0.25) is 0 Å². The van der Waals surface area contributed by atoms with Gasteiger partial charge in [0.05, 0.1) is 12.2 Å². The van der Waals surface area contributed by atoms with Crippen LogP contribution in [0.5, 0.6) is 0 Å². The number of amides is 1. The van der Waals surface area contributed by atoms with Gasteiger partial charge in [-0.3, -0.25) is 9.78 Å². The van der Waals surface area contributed by atoms with E-state index in [-0.39, 0.29) is 24.0 Å². The first kappa shape index (κ1) is 24.2. The number of pyridine rings is 1. The van der Waals surface area contributed by atoms with Gasteiger partial charge in [0.1, 0.15) is 0 Å². The molecule has 3 aliphatic rings. The molecule has 0 aliphatic heterocycles. The molecule has 3 aliphatic carbocycles. The molecule has 0 spiro atoms. The van der Waals surface area contributed by atoms with Crippen molar-refractivity contribution in [2.24, 2.45) is 23.7 Å². The van der Waals surface area contributed by atoms with Crippen LogP contribution in [0.3, 0.4) is 0 Å². The largest absolute Gasteiger partial charge is 0.392 e. The van der Waals surface area contributed by atoms with Crippen molar-refractivity contribution in [2.45, 2.75) is 89.4 Å². The molecule has 33 heavy (non-hydrogen) atoms.